The summed E-state index contributed by atoms with van der Waals surface area (Å²) in [6.07, 6.45) is 0.297. The van der Waals surface area contributed by atoms with E-state index in [1.54, 1.807) is 16.7 Å². The van der Waals surface area contributed by atoms with E-state index in [1.165, 1.54) is 10.5 Å². The number of benzene rings is 2. The van der Waals surface area contributed by atoms with Gasteiger partial charge < -0.3 is 14.4 Å². The summed E-state index contributed by atoms with van der Waals surface area (Å²) in [6.45, 7) is 1.66. The summed E-state index contributed by atoms with van der Waals surface area (Å²) in [6, 6.07) is 18.4. The smallest absolute Gasteiger partial charge is 0.232 e. The topological polar surface area (TPSA) is 67.0 Å². The largest absolute Gasteiger partial charge is 0.454 e. The Hall–Kier alpha value is -2.95. The van der Waals surface area contributed by atoms with Gasteiger partial charge in [-0.15, -0.1) is 0 Å². The number of rotatable bonds is 3. The van der Waals surface area contributed by atoms with Crippen molar-refractivity contribution in [1.82, 2.24) is 4.90 Å². The predicted molar refractivity (Wildman–Crippen MR) is 108 cm³/mol. The summed E-state index contributed by atoms with van der Waals surface area (Å²) >= 11 is 1.60. The van der Waals surface area contributed by atoms with Crippen LogP contribution in [0.5, 0.6) is 11.5 Å². The minimum absolute atomic E-state index is 0.0689. The molecule has 2 atom stereocenters. The number of quaternary nitrogens is 1. The van der Waals surface area contributed by atoms with Crippen molar-refractivity contribution in [2.24, 2.45) is 0 Å². The minimum atomic E-state index is -0.239. The molecule has 0 aromatic heterocycles. The highest BCUT2D eigenvalue weighted by molar-refractivity contribution is 8.02. The van der Waals surface area contributed by atoms with Gasteiger partial charge >= 0.3 is 0 Å². The Kier molecular flexibility index (Phi) is 4.66. The first-order valence-electron chi connectivity index (χ1n) is 9.57. The van der Waals surface area contributed by atoms with Crippen LogP contribution in [-0.2, 0) is 11.3 Å². The molecular weight excluding hydrogens is 386 g/mol. The number of nitriles is 1. The number of ether oxygens (including phenoxy) is 2. The second-order valence-electron chi connectivity index (χ2n) is 7.38. The highest BCUT2D eigenvalue weighted by Crippen LogP contribution is 2.43. The fourth-order valence-electron chi connectivity index (χ4n) is 4.08. The molecule has 3 heterocycles. The van der Waals surface area contributed by atoms with Gasteiger partial charge in [-0.1, -0.05) is 36.4 Å². The Morgan fingerprint density at radius 3 is 2.83 bits per heavy atom. The number of carbonyl (C=O) groups excluding carboxylic acids is 1. The summed E-state index contributed by atoms with van der Waals surface area (Å²) in [5, 5.41) is 10.7. The molecule has 1 unspecified atom stereocenters. The van der Waals surface area contributed by atoms with Crippen molar-refractivity contribution >= 4 is 17.7 Å². The molecule has 3 aliphatic heterocycles. The van der Waals surface area contributed by atoms with Gasteiger partial charge in [0.05, 0.1) is 11.6 Å². The molecule has 1 amide bonds. The molecule has 0 radical (unpaired) electrons. The van der Waals surface area contributed by atoms with E-state index in [0.717, 1.165) is 23.0 Å². The summed E-state index contributed by atoms with van der Waals surface area (Å²) in [5.74, 6) is 2.04. The highest BCUT2D eigenvalue weighted by atomic mass is 32.2. The van der Waals surface area contributed by atoms with Gasteiger partial charge in [0, 0.05) is 17.9 Å². The lowest BCUT2D eigenvalue weighted by molar-refractivity contribution is -0.910. The zero-order valence-electron chi connectivity index (χ0n) is 15.8. The third-order valence-corrected chi connectivity index (χ3v) is 6.78. The molecule has 1 saturated heterocycles. The normalized spacial score (nSPS) is 23.0. The van der Waals surface area contributed by atoms with E-state index >= 15 is 0 Å². The lowest BCUT2D eigenvalue weighted by Gasteiger charge is -2.39. The third kappa shape index (κ3) is 3.35. The standard InChI is InChI=1S/C22H19N3O3S/c23-10-18-17(16-6-7-19-20(8-16)28-14-27-19)9-21(26)25-12-24(13-29-22(18)25)11-15-4-2-1-3-5-15/h1-8,17H,9,11-14H2/p+1/t17-/m0/s1. The molecule has 2 aromatic rings. The molecule has 0 spiro atoms. The van der Waals surface area contributed by atoms with E-state index in [4.69, 9.17) is 9.47 Å². The molecule has 2 aromatic carbocycles. The van der Waals surface area contributed by atoms with Crippen molar-refractivity contribution in [3.63, 3.8) is 0 Å². The minimum Gasteiger partial charge on any atom is -0.454 e. The quantitative estimate of drug-likeness (QED) is 0.847. The molecule has 6 nitrogen and oxygen atoms in total. The first kappa shape index (κ1) is 18.1. The fraction of sp³-hybridized carbons (Fsp3) is 0.273. The third-order valence-electron chi connectivity index (χ3n) is 5.51. The Balaban J connectivity index is 1.41. The van der Waals surface area contributed by atoms with Gasteiger partial charge in [-0.3, -0.25) is 9.69 Å². The van der Waals surface area contributed by atoms with Crippen LogP contribution in [0.2, 0.25) is 0 Å². The van der Waals surface area contributed by atoms with E-state index < -0.39 is 0 Å². The van der Waals surface area contributed by atoms with E-state index in [0.29, 0.717) is 30.2 Å². The molecule has 0 bridgehead atoms. The van der Waals surface area contributed by atoms with E-state index in [9.17, 15) is 10.1 Å². The number of allylic oxidation sites excluding steroid dienone is 1. The number of hydrogen-bond acceptors (Lipinski definition) is 5. The lowest BCUT2D eigenvalue weighted by Crippen LogP contribution is -3.12. The molecular formula is C22H20N3O3S+. The average molecular weight is 406 g/mol. The second-order valence-corrected chi connectivity index (χ2v) is 8.35. The number of nitrogens with one attached hydrogen (secondary N) is 1. The first-order valence-corrected chi connectivity index (χ1v) is 10.6. The van der Waals surface area contributed by atoms with Gasteiger partial charge in [0.25, 0.3) is 0 Å². The zero-order valence-corrected chi connectivity index (χ0v) is 16.6. The summed E-state index contributed by atoms with van der Waals surface area (Å²) in [4.78, 5) is 16.1. The van der Waals surface area contributed by atoms with Crippen molar-refractivity contribution in [2.45, 2.75) is 18.9 Å². The van der Waals surface area contributed by atoms with Crippen molar-refractivity contribution in [3.8, 4) is 17.6 Å². The van der Waals surface area contributed by atoms with Gasteiger partial charge in [-0.25, -0.2) is 0 Å². The van der Waals surface area contributed by atoms with Crippen LogP contribution < -0.4 is 14.4 Å². The van der Waals surface area contributed by atoms with Crippen molar-refractivity contribution < 1.29 is 19.2 Å². The first-order chi connectivity index (χ1) is 14.2. The van der Waals surface area contributed by atoms with Crippen LogP contribution in [-0.4, -0.2) is 30.1 Å². The van der Waals surface area contributed by atoms with Gasteiger partial charge in [-0.05, 0) is 29.5 Å². The molecule has 1 N–H and O–H groups in total. The number of hydrogen-bond donors (Lipinski definition) is 1. The van der Waals surface area contributed by atoms with Crippen molar-refractivity contribution in [3.05, 3.63) is 70.3 Å². The van der Waals surface area contributed by atoms with Crippen LogP contribution >= 0.6 is 11.8 Å². The number of carbonyl (C=O) groups is 1. The fourth-order valence-corrected chi connectivity index (χ4v) is 5.28. The SMILES string of the molecule is N#CC1=C2SC[NH+](Cc3ccccc3)CN2C(=O)C[C@H]1c1ccc2c(c1)OCO2. The number of nitrogens with zero attached hydrogens (tertiary/aromatic N) is 2. The van der Waals surface area contributed by atoms with Crippen molar-refractivity contribution in [1.29, 1.82) is 5.26 Å². The number of thioether (sulfide) groups is 1. The molecule has 3 aliphatic rings. The Bertz CT molecular complexity index is 1030. The van der Waals surface area contributed by atoms with Crippen LogP contribution in [0.25, 0.3) is 0 Å². The lowest BCUT2D eigenvalue weighted by atomic mass is 9.86. The van der Waals surface area contributed by atoms with Crippen molar-refractivity contribution in [2.75, 3.05) is 19.3 Å². The molecule has 1 fully saturated rings. The highest BCUT2D eigenvalue weighted by Gasteiger charge is 2.40. The van der Waals surface area contributed by atoms with Crippen LogP contribution in [0, 0.1) is 11.3 Å². The molecule has 29 heavy (non-hydrogen) atoms. The molecule has 0 saturated carbocycles. The average Bonchev–Trinajstić information content (AvgIpc) is 3.22. The van der Waals surface area contributed by atoms with Crippen LogP contribution in [0.3, 0.4) is 0 Å². The Morgan fingerprint density at radius 2 is 2.00 bits per heavy atom. The predicted octanol–water partition coefficient (Wildman–Crippen LogP) is 2.21. The monoisotopic (exact) mass is 406 g/mol. The summed E-state index contributed by atoms with van der Waals surface area (Å²) in [7, 11) is 0. The van der Waals surface area contributed by atoms with Gasteiger partial charge in [0.15, 0.2) is 18.2 Å². The summed E-state index contributed by atoms with van der Waals surface area (Å²) < 4.78 is 10.9. The zero-order chi connectivity index (χ0) is 19.8. The second kappa shape index (κ2) is 7.47. The summed E-state index contributed by atoms with van der Waals surface area (Å²) in [5.41, 5.74) is 2.84. The van der Waals surface area contributed by atoms with Crippen LogP contribution in [0.4, 0.5) is 0 Å². The van der Waals surface area contributed by atoms with Crippen LogP contribution in [0.15, 0.2) is 59.1 Å². The number of amides is 1. The maximum atomic E-state index is 13.0. The van der Waals surface area contributed by atoms with Crippen LogP contribution in [0.1, 0.15) is 23.5 Å². The van der Waals surface area contributed by atoms with E-state index in [-0.39, 0.29) is 18.6 Å². The number of fused-ring (bicyclic) bond motifs is 2. The van der Waals surface area contributed by atoms with Gasteiger partial charge in [0.2, 0.25) is 12.7 Å². The maximum absolute atomic E-state index is 13.0. The Morgan fingerprint density at radius 1 is 1.17 bits per heavy atom. The molecule has 5 rings (SSSR count). The maximum Gasteiger partial charge on any atom is 0.232 e. The van der Waals surface area contributed by atoms with E-state index in [2.05, 4.69) is 18.2 Å². The molecule has 0 aliphatic carbocycles. The Labute approximate surface area is 173 Å². The van der Waals surface area contributed by atoms with Gasteiger partial charge in [0.1, 0.15) is 17.5 Å². The molecule has 7 heteroatoms. The molecule has 146 valence electrons. The van der Waals surface area contributed by atoms with Gasteiger partial charge in [-0.2, -0.15) is 5.26 Å². The van der Waals surface area contributed by atoms with E-state index in [1.807, 2.05) is 36.4 Å².